The molecule has 3 rings (SSSR count). The molecule has 0 saturated carbocycles. The number of fused-ring (bicyclic) bond motifs is 1. The summed E-state index contributed by atoms with van der Waals surface area (Å²) in [6.07, 6.45) is 0. The highest BCUT2D eigenvalue weighted by Gasteiger charge is 2.24. The van der Waals surface area contributed by atoms with Crippen molar-refractivity contribution in [3.8, 4) is 11.5 Å². The van der Waals surface area contributed by atoms with Crippen molar-refractivity contribution in [2.45, 2.75) is 43.9 Å². The van der Waals surface area contributed by atoms with E-state index in [0.29, 0.717) is 36.0 Å². The SMILES string of the molecule is CCOc1ccc([C@H](C)NC(=O)c2ccc3c(c2)NC(=O)[C@H](C)S3)cc1OCC. The van der Waals surface area contributed by atoms with Crippen molar-refractivity contribution in [1.29, 1.82) is 0 Å². The van der Waals surface area contributed by atoms with E-state index in [4.69, 9.17) is 9.47 Å². The minimum atomic E-state index is -0.225. The van der Waals surface area contributed by atoms with Crippen LogP contribution in [-0.4, -0.2) is 30.3 Å². The molecule has 0 fully saturated rings. The summed E-state index contributed by atoms with van der Waals surface area (Å²) in [5, 5.41) is 5.73. The Bertz CT molecular complexity index is 916. The van der Waals surface area contributed by atoms with E-state index < -0.39 is 0 Å². The molecule has 0 saturated heterocycles. The third-order valence-electron chi connectivity index (χ3n) is 4.59. The summed E-state index contributed by atoms with van der Waals surface area (Å²) in [6.45, 7) is 8.70. The Kier molecular flexibility index (Phi) is 6.69. The fourth-order valence-corrected chi connectivity index (χ4v) is 3.98. The number of amides is 2. The van der Waals surface area contributed by atoms with E-state index in [9.17, 15) is 9.59 Å². The molecule has 2 aromatic carbocycles. The van der Waals surface area contributed by atoms with E-state index in [0.717, 1.165) is 10.5 Å². The van der Waals surface area contributed by atoms with Crippen LogP contribution in [0.5, 0.6) is 11.5 Å². The van der Waals surface area contributed by atoms with Gasteiger partial charge < -0.3 is 20.1 Å². The standard InChI is InChI=1S/C22H26N2O4S/c1-5-27-18-9-7-15(12-19(18)28-6-2)13(3)23-22(26)16-8-10-20-17(11-16)24-21(25)14(4)29-20/h7-14H,5-6H2,1-4H3,(H,23,26)(H,24,25)/t13-,14-/m0/s1. The van der Waals surface area contributed by atoms with E-state index >= 15 is 0 Å². The van der Waals surface area contributed by atoms with E-state index in [1.807, 2.05) is 52.0 Å². The first kappa shape index (κ1) is 21.0. The fraction of sp³-hybridized carbons (Fsp3) is 0.364. The van der Waals surface area contributed by atoms with Gasteiger partial charge in [0, 0.05) is 10.5 Å². The van der Waals surface area contributed by atoms with Gasteiger partial charge in [0.2, 0.25) is 5.91 Å². The van der Waals surface area contributed by atoms with Crippen molar-refractivity contribution in [1.82, 2.24) is 5.32 Å². The Morgan fingerprint density at radius 3 is 2.59 bits per heavy atom. The van der Waals surface area contributed by atoms with Crippen LogP contribution in [0.4, 0.5) is 5.69 Å². The Hall–Kier alpha value is -2.67. The van der Waals surface area contributed by atoms with Crippen LogP contribution in [0.3, 0.4) is 0 Å². The van der Waals surface area contributed by atoms with Crippen LogP contribution in [0, 0.1) is 0 Å². The second-order valence-electron chi connectivity index (χ2n) is 6.73. The maximum absolute atomic E-state index is 12.8. The van der Waals surface area contributed by atoms with Crippen LogP contribution in [0.15, 0.2) is 41.3 Å². The summed E-state index contributed by atoms with van der Waals surface area (Å²) in [5.74, 6) is 1.10. The molecule has 0 unspecified atom stereocenters. The van der Waals surface area contributed by atoms with Crippen LogP contribution in [0.2, 0.25) is 0 Å². The maximum atomic E-state index is 12.8. The third kappa shape index (κ3) is 4.85. The average Bonchev–Trinajstić information content (AvgIpc) is 2.70. The lowest BCUT2D eigenvalue weighted by Crippen LogP contribution is -2.28. The Morgan fingerprint density at radius 1 is 1.14 bits per heavy atom. The smallest absolute Gasteiger partial charge is 0.251 e. The van der Waals surface area contributed by atoms with Crippen LogP contribution >= 0.6 is 11.8 Å². The Morgan fingerprint density at radius 2 is 1.86 bits per heavy atom. The summed E-state index contributed by atoms with van der Waals surface area (Å²) in [5.41, 5.74) is 2.10. The summed E-state index contributed by atoms with van der Waals surface area (Å²) in [4.78, 5) is 25.6. The van der Waals surface area contributed by atoms with Gasteiger partial charge in [0.1, 0.15) is 0 Å². The third-order valence-corrected chi connectivity index (χ3v) is 5.77. The van der Waals surface area contributed by atoms with Crippen molar-refractivity contribution in [3.05, 3.63) is 47.5 Å². The number of nitrogens with one attached hydrogen (secondary N) is 2. The number of rotatable bonds is 7. The number of benzene rings is 2. The quantitative estimate of drug-likeness (QED) is 0.702. The second-order valence-corrected chi connectivity index (χ2v) is 8.11. The van der Waals surface area contributed by atoms with E-state index in [1.54, 1.807) is 12.1 Å². The molecule has 2 atom stereocenters. The Labute approximate surface area is 175 Å². The largest absolute Gasteiger partial charge is 0.490 e. The van der Waals surface area contributed by atoms with Crippen molar-refractivity contribution < 1.29 is 19.1 Å². The monoisotopic (exact) mass is 414 g/mol. The zero-order valence-corrected chi connectivity index (χ0v) is 17.9. The van der Waals surface area contributed by atoms with Crippen LogP contribution in [0.25, 0.3) is 0 Å². The van der Waals surface area contributed by atoms with Crippen LogP contribution in [-0.2, 0) is 4.79 Å². The van der Waals surface area contributed by atoms with Crippen LogP contribution in [0.1, 0.15) is 49.7 Å². The molecule has 0 aromatic heterocycles. The lowest BCUT2D eigenvalue weighted by Gasteiger charge is -2.22. The van der Waals surface area contributed by atoms with E-state index in [2.05, 4.69) is 10.6 Å². The zero-order valence-electron chi connectivity index (χ0n) is 17.1. The summed E-state index contributed by atoms with van der Waals surface area (Å²) in [6, 6.07) is 10.8. The van der Waals surface area contributed by atoms with Gasteiger partial charge in [-0.3, -0.25) is 9.59 Å². The van der Waals surface area contributed by atoms with Gasteiger partial charge in [-0.25, -0.2) is 0 Å². The van der Waals surface area contributed by atoms with Crippen LogP contribution < -0.4 is 20.1 Å². The van der Waals surface area contributed by atoms with Gasteiger partial charge in [-0.15, -0.1) is 11.8 Å². The Balaban J connectivity index is 1.74. The second kappa shape index (κ2) is 9.22. The number of anilines is 1. The van der Waals surface area contributed by atoms with E-state index in [-0.39, 0.29) is 23.1 Å². The molecular weight excluding hydrogens is 388 g/mol. The van der Waals surface area contributed by atoms with Crippen molar-refractivity contribution >= 4 is 29.3 Å². The molecular formula is C22H26N2O4S. The highest BCUT2D eigenvalue weighted by molar-refractivity contribution is 8.00. The van der Waals surface area contributed by atoms with Gasteiger partial charge in [0.25, 0.3) is 5.91 Å². The lowest BCUT2D eigenvalue weighted by atomic mass is 10.1. The van der Waals surface area contributed by atoms with Gasteiger partial charge in [0.05, 0.1) is 30.2 Å². The van der Waals surface area contributed by atoms with Gasteiger partial charge in [0.15, 0.2) is 11.5 Å². The highest BCUT2D eigenvalue weighted by Crippen LogP contribution is 2.36. The molecule has 2 N–H and O–H groups in total. The molecule has 2 amide bonds. The molecule has 0 aliphatic carbocycles. The minimum absolute atomic E-state index is 0.0498. The van der Waals surface area contributed by atoms with Gasteiger partial charge in [-0.2, -0.15) is 0 Å². The molecule has 7 heteroatoms. The first-order chi connectivity index (χ1) is 13.9. The molecule has 1 heterocycles. The molecule has 29 heavy (non-hydrogen) atoms. The molecule has 1 aliphatic heterocycles. The molecule has 0 radical (unpaired) electrons. The zero-order chi connectivity index (χ0) is 21.0. The fourth-order valence-electron chi connectivity index (χ4n) is 3.05. The maximum Gasteiger partial charge on any atom is 0.251 e. The van der Waals surface area contributed by atoms with Crippen molar-refractivity contribution in [2.75, 3.05) is 18.5 Å². The number of hydrogen-bond acceptors (Lipinski definition) is 5. The molecule has 1 aliphatic rings. The summed E-state index contributed by atoms with van der Waals surface area (Å²) < 4.78 is 11.3. The first-order valence-electron chi connectivity index (χ1n) is 9.74. The topological polar surface area (TPSA) is 76.7 Å². The predicted molar refractivity (Wildman–Crippen MR) is 115 cm³/mol. The normalized spacial score (nSPS) is 16.4. The number of hydrogen-bond donors (Lipinski definition) is 2. The molecule has 2 aromatic rings. The minimum Gasteiger partial charge on any atom is -0.490 e. The van der Waals surface area contributed by atoms with Gasteiger partial charge in [-0.1, -0.05) is 6.07 Å². The summed E-state index contributed by atoms with van der Waals surface area (Å²) >= 11 is 1.49. The van der Waals surface area contributed by atoms with Crippen molar-refractivity contribution in [3.63, 3.8) is 0 Å². The number of ether oxygens (including phenoxy) is 2. The number of thioether (sulfide) groups is 1. The molecule has 0 bridgehead atoms. The summed E-state index contributed by atoms with van der Waals surface area (Å²) in [7, 11) is 0. The average molecular weight is 415 g/mol. The van der Waals surface area contributed by atoms with Crippen molar-refractivity contribution in [2.24, 2.45) is 0 Å². The lowest BCUT2D eigenvalue weighted by molar-refractivity contribution is -0.115. The number of carbonyl (C=O) groups excluding carboxylic acids is 2. The predicted octanol–water partition coefficient (Wildman–Crippen LogP) is 4.41. The molecule has 6 nitrogen and oxygen atoms in total. The first-order valence-corrected chi connectivity index (χ1v) is 10.6. The highest BCUT2D eigenvalue weighted by atomic mass is 32.2. The number of carbonyl (C=O) groups is 2. The molecule has 154 valence electrons. The van der Waals surface area contributed by atoms with Gasteiger partial charge in [-0.05, 0) is 63.6 Å². The van der Waals surface area contributed by atoms with Gasteiger partial charge >= 0.3 is 0 Å². The molecule has 0 spiro atoms. The van der Waals surface area contributed by atoms with E-state index in [1.165, 1.54) is 11.8 Å².